The Labute approximate surface area is 127 Å². The smallest absolute Gasteiger partial charge is 0.317 e. The molecular weight excluding hydrogens is 289 g/mol. The molecule has 118 valence electrons. The van der Waals surface area contributed by atoms with Gasteiger partial charge in [-0.15, -0.1) is 0 Å². The number of methoxy groups -OCH3 is 1. The predicted molar refractivity (Wildman–Crippen MR) is 77.3 cm³/mol. The van der Waals surface area contributed by atoms with Crippen LogP contribution in [0.25, 0.3) is 0 Å². The lowest BCUT2D eigenvalue weighted by Gasteiger charge is -2.35. The lowest BCUT2D eigenvalue weighted by atomic mass is 9.99. The molecule has 0 bridgehead atoms. The number of amides is 3. The van der Waals surface area contributed by atoms with Crippen molar-refractivity contribution in [2.45, 2.75) is 18.5 Å². The average Bonchev–Trinajstić information content (AvgIpc) is 2.81. The number of carbonyl (C=O) groups is 2. The number of nitrogens with one attached hydrogen (secondary N) is 1. The number of carbonyl (C=O) groups excluding carboxylic acids is 2. The Morgan fingerprint density at radius 2 is 2.23 bits per heavy atom. The van der Waals surface area contributed by atoms with Crippen LogP contribution in [0.1, 0.15) is 16.8 Å². The summed E-state index contributed by atoms with van der Waals surface area (Å²) in [5.74, 6) is -0.627. The van der Waals surface area contributed by atoms with Crippen molar-refractivity contribution in [1.82, 2.24) is 15.1 Å². The molecule has 6 nitrogen and oxygen atoms in total. The summed E-state index contributed by atoms with van der Waals surface area (Å²) in [5.41, 5.74) is 0.384. The fraction of sp³-hybridized carbons (Fsp3) is 0.467. The molecule has 1 N–H and O–H groups in total. The summed E-state index contributed by atoms with van der Waals surface area (Å²) in [5, 5.41) is 2.88. The summed E-state index contributed by atoms with van der Waals surface area (Å²) < 4.78 is 18.3. The number of hydrogen-bond acceptors (Lipinski definition) is 3. The number of benzene rings is 1. The molecule has 2 heterocycles. The van der Waals surface area contributed by atoms with E-state index in [-0.39, 0.29) is 29.8 Å². The van der Waals surface area contributed by atoms with E-state index in [1.54, 1.807) is 16.8 Å². The highest BCUT2D eigenvalue weighted by Crippen LogP contribution is 2.24. The lowest BCUT2D eigenvalue weighted by Crippen LogP contribution is -2.52. The van der Waals surface area contributed by atoms with Crippen molar-refractivity contribution in [3.63, 3.8) is 0 Å². The zero-order valence-electron chi connectivity index (χ0n) is 12.5. The minimum absolute atomic E-state index is 0.0506. The van der Waals surface area contributed by atoms with Gasteiger partial charge in [-0.25, -0.2) is 9.18 Å². The van der Waals surface area contributed by atoms with Gasteiger partial charge < -0.3 is 19.9 Å². The molecule has 22 heavy (non-hydrogen) atoms. The van der Waals surface area contributed by atoms with Crippen LogP contribution in [0.4, 0.5) is 9.18 Å². The molecule has 7 heteroatoms. The number of halogens is 1. The third-order valence-corrected chi connectivity index (χ3v) is 4.39. The van der Waals surface area contributed by atoms with E-state index in [0.29, 0.717) is 18.7 Å². The van der Waals surface area contributed by atoms with E-state index in [1.165, 1.54) is 25.3 Å². The first-order valence-electron chi connectivity index (χ1n) is 7.17. The number of rotatable bonds is 2. The van der Waals surface area contributed by atoms with E-state index in [9.17, 15) is 14.0 Å². The number of fused-ring (bicyclic) bond motifs is 1. The van der Waals surface area contributed by atoms with Gasteiger partial charge in [0.15, 0.2) is 11.6 Å². The first-order valence-corrected chi connectivity index (χ1v) is 7.17. The van der Waals surface area contributed by atoms with Crippen LogP contribution in [0.15, 0.2) is 18.2 Å². The number of nitrogens with zero attached hydrogens (tertiary/aromatic N) is 2. The maximum atomic E-state index is 13.4. The van der Waals surface area contributed by atoms with E-state index in [0.717, 1.165) is 6.42 Å². The Morgan fingerprint density at radius 1 is 1.45 bits per heavy atom. The van der Waals surface area contributed by atoms with Crippen molar-refractivity contribution < 1.29 is 18.7 Å². The second-order valence-corrected chi connectivity index (χ2v) is 5.62. The van der Waals surface area contributed by atoms with Gasteiger partial charge in [-0.2, -0.15) is 0 Å². The van der Waals surface area contributed by atoms with Crippen LogP contribution < -0.4 is 10.1 Å². The predicted octanol–water partition coefficient (Wildman–Crippen LogP) is 1.07. The van der Waals surface area contributed by atoms with Gasteiger partial charge in [0.1, 0.15) is 0 Å². The molecule has 0 aromatic heterocycles. The Hall–Kier alpha value is -2.31. The van der Waals surface area contributed by atoms with Crippen molar-refractivity contribution in [3.8, 4) is 5.75 Å². The second kappa shape index (κ2) is 5.47. The molecule has 3 amide bonds. The third-order valence-electron chi connectivity index (χ3n) is 4.39. The van der Waals surface area contributed by atoms with Gasteiger partial charge in [-0.3, -0.25) is 4.79 Å². The van der Waals surface area contributed by atoms with Crippen molar-refractivity contribution >= 4 is 11.9 Å². The number of hydrogen-bond donors (Lipinski definition) is 1. The van der Waals surface area contributed by atoms with Crippen LogP contribution in [0, 0.1) is 5.82 Å². The first kappa shape index (κ1) is 14.6. The van der Waals surface area contributed by atoms with E-state index < -0.39 is 5.82 Å². The van der Waals surface area contributed by atoms with E-state index >= 15 is 0 Å². The molecule has 2 saturated heterocycles. The van der Waals surface area contributed by atoms with Crippen LogP contribution in [-0.2, 0) is 0 Å². The lowest BCUT2D eigenvalue weighted by molar-refractivity contribution is 0.0666. The minimum Gasteiger partial charge on any atom is -0.494 e. The molecule has 0 aliphatic carbocycles. The zero-order chi connectivity index (χ0) is 15.9. The summed E-state index contributed by atoms with van der Waals surface area (Å²) >= 11 is 0. The molecular formula is C15H18FN3O3. The maximum Gasteiger partial charge on any atom is 0.317 e. The standard InChI is InChI=1S/C15H18FN3O3/c1-18-12-5-6-19(8-11(12)17-15(18)21)14(20)9-3-4-10(16)13(7-9)22-2/h3-4,7,11-12H,5-6,8H2,1-2H3,(H,17,21)/t11-,12+/m1/s1. The van der Waals surface area contributed by atoms with Gasteiger partial charge in [-0.1, -0.05) is 0 Å². The molecule has 3 rings (SSSR count). The van der Waals surface area contributed by atoms with Crippen LogP contribution >= 0.6 is 0 Å². The Morgan fingerprint density at radius 3 is 2.95 bits per heavy atom. The second-order valence-electron chi connectivity index (χ2n) is 5.62. The largest absolute Gasteiger partial charge is 0.494 e. The topological polar surface area (TPSA) is 61.9 Å². The van der Waals surface area contributed by atoms with Crippen LogP contribution in [-0.4, -0.2) is 61.1 Å². The molecule has 0 unspecified atom stereocenters. The minimum atomic E-state index is -0.498. The van der Waals surface area contributed by atoms with E-state index in [2.05, 4.69) is 5.32 Å². The van der Waals surface area contributed by atoms with E-state index in [1.807, 2.05) is 0 Å². The highest BCUT2D eigenvalue weighted by atomic mass is 19.1. The number of piperidine rings is 1. The quantitative estimate of drug-likeness (QED) is 0.889. The number of ether oxygens (including phenoxy) is 1. The molecule has 2 atom stereocenters. The van der Waals surface area contributed by atoms with Crippen LogP contribution in [0.3, 0.4) is 0 Å². The Bertz CT molecular complexity index is 622. The third kappa shape index (κ3) is 2.36. The molecule has 2 fully saturated rings. The molecule has 0 radical (unpaired) electrons. The Balaban J connectivity index is 1.75. The SMILES string of the molecule is COc1cc(C(=O)N2CC[C@H]3[C@@H](C2)NC(=O)N3C)ccc1F. The van der Waals surface area contributed by atoms with Crippen molar-refractivity contribution in [2.75, 3.05) is 27.2 Å². The molecule has 2 aliphatic heterocycles. The number of urea groups is 1. The van der Waals surface area contributed by atoms with Crippen LogP contribution in [0.5, 0.6) is 5.75 Å². The van der Waals surface area contributed by atoms with Gasteiger partial charge in [0, 0.05) is 25.7 Å². The summed E-state index contributed by atoms with van der Waals surface area (Å²) in [6.07, 6.45) is 0.726. The summed E-state index contributed by atoms with van der Waals surface area (Å²) in [6.45, 7) is 1.03. The van der Waals surface area contributed by atoms with Crippen molar-refractivity contribution in [3.05, 3.63) is 29.6 Å². The normalized spacial score (nSPS) is 24.0. The van der Waals surface area contributed by atoms with Crippen molar-refractivity contribution in [2.24, 2.45) is 0 Å². The molecule has 0 spiro atoms. The Kier molecular flexibility index (Phi) is 3.64. The molecule has 1 aromatic rings. The average molecular weight is 307 g/mol. The number of likely N-dealkylation sites (tertiary alicyclic amines) is 1. The first-order chi connectivity index (χ1) is 10.5. The van der Waals surface area contributed by atoms with Crippen LogP contribution in [0.2, 0.25) is 0 Å². The van der Waals surface area contributed by atoms with Crippen molar-refractivity contribution in [1.29, 1.82) is 0 Å². The fourth-order valence-electron chi connectivity index (χ4n) is 3.12. The highest BCUT2D eigenvalue weighted by molar-refractivity contribution is 5.95. The highest BCUT2D eigenvalue weighted by Gasteiger charge is 2.41. The zero-order valence-corrected chi connectivity index (χ0v) is 12.5. The van der Waals surface area contributed by atoms with Gasteiger partial charge >= 0.3 is 6.03 Å². The van der Waals surface area contributed by atoms with Gasteiger partial charge in [0.2, 0.25) is 0 Å². The summed E-state index contributed by atoms with van der Waals surface area (Å²) in [4.78, 5) is 27.6. The maximum absolute atomic E-state index is 13.4. The molecule has 2 aliphatic rings. The van der Waals surface area contributed by atoms with Gasteiger partial charge in [0.25, 0.3) is 5.91 Å². The number of likely N-dealkylation sites (N-methyl/N-ethyl adjacent to an activating group) is 1. The van der Waals surface area contributed by atoms with E-state index in [4.69, 9.17) is 4.74 Å². The van der Waals surface area contributed by atoms with Gasteiger partial charge in [0.05, 0.1) is 19.2 Å². The summed E-state index contributed by atoms with van der Waals surface area (Å²) in [6, 6.07) is 4.04. The monoisotopic (exact) mass is 307 g/mol. The molecule has 0 saturated carbocycles. The fourth-order valence-corrected chi connectivity index (χ4v) is 3.12. The molecule has 1 aromatic carbocycles. The summed E-state index contributed by atoms with van der Waals surface area (Å²) in [7, 11) is 3.13. The van der Waals surface area contributed by atoms with Gasteiger partial charge in [-0.05, 0) is 24.6 Å².